The van der Waals surface area contributed by atoms with Crippen molar-refractivity contribution in [2.24, 2.45) is 5.92 Å². The molecule has 1 aromatic carbocycles. The highest BCUT2D eigenvalue weighted by atomic mass is 19.1. The molecule has 3 aromatic heterocycles. The minimum Gasteiger partial charge on any atom is -0.342 e. The van der Waals surface area contributed by atoms with Crippen LogP contribution in [-0.4, -0.2) is 66.8 Å². The van der Waals surface area contributed by atoms with Crippen LogP contribution < -0.4 is 0 Å². The maximum absolute atomic E-state index is 15.4. The van der Waals surface area contributed by atoms with E-state index in [-0.39, 0.29) is 12.0 Å². The quantitative estimate of drug-likeness (QED) is 0.430. The normalized spacial score (nSPS) is 17.3. The van der Waals surface area contributed by atoms with Gasteiger partial charge in [0.05, 0.1) is 11.2 Å². The number of nitrogens with zero attached hydrogens (tertiary/aromatic N) is 6. The van der Waals surface area contributed by atoms with Crippen LogP contribution in [0.3, 0.4) is 0 Å². The maximum Gasteiger partial charge on any atom is 0.225 e. The van der Waals surface area contributed by atoms with E-state index in [1.54, 1.807) is 12.1 Å². The van der Waals surface area contributed by atoms with Gasteiger partial charge in [0, 0.05) is 67.7 Å². The number of benzene rings is 1. The fourth-order valence-electron chi connectivity index (χ4n) is 5.13. The number of halogens is 1. The van der Waals surface area contributed by atoms with Crippen LogP contribution in [0.5, 0.6) is 0 Å². The highest BCUT2D eigenvalue weighted by Gasteiger charge is 2.35. The number of piperazine rings is 1. The average molecular weight is 500 g/mol. The Balaban J connectivity index is 1.17. The number of aryl methyl sites for hydroxylation is 1. The number of amides is 1. The number of fused-ring (bicyclic) bond motifs is 1. The van der Waals surface area contributed by atoms with E-state index in [2.05, 4.69) is 42.8 Å². The van der Waals surface area contributed by atoms with Crippen molar-refractivity contribution in [3.63, 3.8) is 0 Å². The Kier molecular flexibility index (Phi) is 6.16. The zero-order valence-corrected chi connectivity index (χ0v) is 21.1. The van der Waals surface area contributed by atoms with Crippen LogP contribution in [0.25, 0.3) is 22.3 Å². The van der Waals surface area contributed by atoms with Crippen LogP contribution in [-0.2, 0) is 11.2 Å². The molecule has 1 saturated carbocycles. The predicted octanol–water partition coefficient (Wildman–Crippen LogP) is 4.07. The third-order valence-electron chi connectivity index (χ3n) is 7.49. The lowest BCUT2D eigenvalue weighted by Crippen LogP contribution is -2.49. The number of hydrogen-bond acceptors (Lipinski definition) is 6. The van der Waals surface area contributed by atoms with Gasteiger partial charge in [-0.05, 0) is 62.6 Å². The summed E-state index contributed by atoms with van der Waals surface area (Å²) in [5.74, 6) is 0.878. The zero-order valence-electron chi connectivity index (χ0n) is 21.1. The third kappa shape index (κ3) is 4.83. The predicted molar refractivity (Wildman–Crippen MR) is 138 cm³/mol. The molecule has 2 fully saturated rings. The summed E-state index contributed by atoms with van der Waals surface area (Å²) in [7, 11) is 0. The highest BCUT2D eigenvalue weighted by molar-refractivity contribution is 5.82. The molecular weight excluding hydrogens is 469 g/mol. The van der Waals surface area contributed by atoms with E-state index < -0.39 is 5.82 Å². The van der Waals surface area contributed by atoms with Crippen molar-refractivity contribution in [2.75, 3.05) is 26.2 Å². The Morgan fingerprint density at radius 2 is 1.92 bits per heavy atom. The molecular formula is C28H30FN7O. The molecule has 1 aliphatic heterocycles. The van der Waals surface area contributed by atoms with Crippen molar-refractivity contribution >= 4 is 16.9 Å². The molecule has 4 aromatic rings. The molecule has 8 nitrogen and oxygen atoms in total. The Morgan fingerprint density at radius 3 is 2.68 bits per heavy atom. The number of hydrogen-bond donors (Lipinski definition) is 1. The Labute approximate surface area is 215 Å². The smallest absolute Gasteiger partial charge is 0.225 e. The molecule has 0 radical (unpaired) electrons. The highest BCUT2D eigenvalue weighted by Crippen LogP contribution is 2.32. The molecule has 6 rings (SSSR count). The number of aromatic nitrogens is 5. The summed E-state index contributed by atoms with van der Waals surface area (Å²) in [5.41, 5.74) is 4.72. The lowest BCUT2D eigenvalue weighted by atomic mass is 10.1. The molecule has 1 aliphatic carbocycles. The topological polar surface area (TPSA) is 90.9 Å². The lowest BCUT2D eigenvalue weighted by molar-refractivity contribution is -0.134. The maximum atomic E-state index is 15.4. The zero-order chi connectivity index (χ0) is 25.5. The van der Waals surface area contributed by atoms with Crippen LogP contribution in [0, 0.1) is 18.7 Å². The second kappa shape index (κ2) is 9.63. The van der Waals surface area contributed by atoms with Gasteiger partial charge in [0.25, 0.3) is 0 Å². The number of imidazole rings is 1. The third-order valence-corrected chi connectivity index (χ3v) is 7.49. The summed E-state index contributed by atoms with van der Waals surface area (Å²) in [5, 5.41) is 0. The number of rotatable bonds is 6. The van der Waals surface area contributed by atoms with Gasteiger partial charge < -0.3 is 9.88 Å². The van der Waals surface area contributed by atoms with Gasteiger partial charge in [0.1, 0.15) is 17.7 Å². The molecule has 1 saturated heterocycles. The van der Waals surface area contributed by atoms with Gasteiger partial charge in [-0.15, -0.1) is 0 Å². The average Bonchev–Trinajstić information content (AvgIpc) is 3.68. The molecule has 1 unspecified atom stereocenters. The van der Waals surface area contributed by atoms with Crippen molar-refractivity contribution in [1.82, 2.24) is 34.7 Å². The van der Waals surface area contributed by atoms with Gasteiger partial charge in [-0.1, -0.05) is 0 Å². The van der Waals surface area contributed by atoms with Gasteiger partial charge in [-0.25, -0.2) is 19.3 Å². The molecule has 0 bridgehead atoms. The lowest BCUT2D eigenvalue weighted by Gasteiger charge is -2.38. The first-order chi connectivity index (χ1) is 18.0. The van der Waals surface area contributed by atoms with Crippen molar-refractivity contribution < 1.29 is 9.18 Å². The van der Waals surface area contributed by atoms with Crippen molar-refractivity contribution in [3.8, 4) is 11.3 Å². The number of carbonyl (C=O) groups excluding carboxylic acids is 1. The van der Waals surface area contributed by atoms with E-state index >= 15 is 4.39 Å². The molecule has 37 heavy (non-hydrogen) atoms. The van der Waals surface area contributed by atoms with Crippen molar-refractivity contribution in [2.45, 2.75) is 39.2 Å². The van der Waals surface area contributed by atoms with Gasteiger partial charge >= 0.3 is 0 Å². The molecule has 4 heterocycles. The van der Waals surface area contributed by atoms with Crippen LogP contribution >= 0.6 is 0 Å². The summed E-state index contributed by atoms with van der Waals surface area (Å²) in [6.45, 7) is 7.37. The van der Waals surface area contributed by atoms with Gasteiger partial charge in [0.2, 0.25) is 5.91 Å². The fraction of sp³-hybridized carbons (Fsp3) is 0.393. The minimum atomic E-state index is -0.396. The molecule has 1 atom stereocenters. The van der Waals surface area contributed by atoms with Gasteiger partial charge in [0.15, 0.2) is 5.82 Å². The van der Waals surface area contributed by atoms with Gasteiger partial charge in [-0.3, -0.25) is 14.7 Å². The first kappa shape index (κ1) is 23.7. The van der Waals surface area contributed by atoms with E-state index in [4.69, 9.17) is 0 Å². The van der Waals surface area contributed by atoms with Crippen LogP contribution in [0.2, 0.25) is 0 Å². The van der Waals surface area contributed by atoms with Crippen LogP contribution in [0.15, 0.2) is 42.9 Å². The van der Waals surface area contributed by atoms with E-state index in [1.165, 1.54) is 11.9 Å². The minimum absolute atomic E-state index is 0.215. The second-order valence-electron chi connectivity index (χ2n) is 10.1. The van der Waals surface area contributed by atoms with E-state index in [9.17, 15) is 4.79 Å². The number of nitrogens with one attached hydrogen (secondary N) is 1. The SMILES string of the molecule is Cc1cc(-c2ccc3[nH]c(Cc4cc(C(C)N5CCN(C(=O)C6CC6)CC5)ccn4)nc3c2F)ncn1. The summed E-state index contributed by atoms with van der Waals surface area (Å²) in [4.78, 5) is 37.5. The standard InChI is InChI=1S/C28H30FN7O/c1-17-13-24(32-16-31-17)22-5-6-23-27(26(22)29)34-25(33-23)15-21-14-20(7-8-30-21)18(2)35-9-11-36(12-10-35)28(37)19-3-4-19/h5-8,13-14,16,18-19H,3-4,9-12,15H2,1-2H3,(H,33,34). The Hall–Kier alpha value is -3.72. The number of carbonyl (C=O) groups is 1. The van der Waals surface area contributed by atoms with E-state index in [0.29, 0.717) is 40.4 Å². The monoisotopic (exact) mass is 499 g/mol. The number of aromatic amines is 1. The Morgan fingerprint density at radius 1 is 1.11 bits per heavy atom. The second-order valence-corrected chi connectivity index (χ2v) is 10.1. The summed E-state index contributed by atoms with van der Waals surface area (Å²) in [6, 6.07) is 9.68. The molecule has 1 amide bonds. The largest absolute Gasteiger partial charge is 0.342 e. The van der Waals surface area contributed by atoms with E-state index in [0.717, 1.165) is 50.4 Å². The fourth-order valence-corrected chi connectivity index (χ4v) is 5.13. The van der Waals surface area contributed by atoms with Gasteiger partial charge in [-0.2, -0.15) is 0 Å². The number of pyridine rings is 1. The number of H-pyrrole nitrogens is 1. The van der Waals surface area contributed by atoms with E-state index in [1.807, 2.05) is 30.2 Å². The molecule has 2 aliphatic rings. The molecule has 9 heteroatoms. The Bertz CT molecular complexity index is 1460. The molecule has 0 spiro atoms. The summed E-state index contributed by atoms with van der Waals surface area (Å²) in [6.07, 6.45) is 5.84. The van der Waals surface area contributed by atoms with Crippen LogP contribution in [0.1, 0.15) is 48.6 Å². The van der Waals surface area contributed by atoms with Crippen LogP contribution in [0.4, 0.5) is 4.39 Å². The molecule has 190 valence electrons. The van der Waals surface area contributed by atoms with Crippen molar-refractivity contribution in [1.29, 1.82) is 0 Å². The molecule has 1 N–H and O–H groups in total. The van der Waals surface area contributed by atoms with Crippen molar-refractivity contribution in [3.05, 3.63) is 71.4 Å². The first-order valence-corrected chi connectivity index (χ1v) is 12.9. The summed E-state index contributed by atoms with van der Waals surface area (Å²) < 4.78 is 15.4. The summed E-state index contributed by atoms with van der Waals surface area (Å²) >= 11 is 0. The first-order valence-electron chi connectivity index (χ1n) is 12.9.